The van der Waals surface area contributed by atoms with Gasteiger partial charge in [-0.2, -0.15) is 0 Å². The second-order valence-corrected chi connectivity index (χ2v) is 22.4. The van der Waals surface area contributed by atoms with E-state index in [0.717, 1.165) is 22.3 Å². The van der Waals surface area contributed by atoms with Gasteiger partial charge in [0.15, 0.2) is 26.4 Å². The van der Waals surface area contributed by atoms with Crippen molar-refractivity contribution in [3.05, 3.63) is 115 Å². The van der Waals surface area contributed by atoms with Gasteiger partial charge in [-0.3, -0.25) is 9.59 Å². The summed E-state index contributed by atoms with van der Waals surface area (Å²) < 4.78 is 25.6. The first-order chi connectivity index (χ1) is 32.4. The molecule has 4 aromatic rings. The summed E-state index contributed by atoms with van der Waals surface area (Å²) in [5, 5.41) is 35.7. The number of carbonyl (C=O) groups is 5. The van der Waals surface area contributed by atoms with Crippen LogP contribution in [0.5, 0.6) is 23.0 Å². The quantitative estimate of drug-likeness (QED) is 0.0625. The number of benzene rings is 4. The number of fused-ring (bicyclic) bond motifs is 8. The van der Waals surface area contributed by atoms with Gasteiger partial charge in [-0.05, 0) is 88.4 Å². The van der Waals surface area contributed by atoms with Gasteiger partial charge in [-0.1, -0.05) is 132 Å². The van der Waals surface area contributed by atoms with E-state index < -0.39 is 65.3 Å². The Bertz CT molecular complexity index is 2510. The Morgan fingerprint density at radius 1 is 0.408 bits per heavy atom. The standard InChI is InChI=1S/C56H72N2O12.Eu/c1-32(59)57-14-15-58-45(60)28-67-49-33-16-35-22-42(54(5,6)7)24-37(50(35)68-29-46(61)62)18-39-26-44(56(11,12)13)27-40(52(39)70-31-48(65)66)19-38-25-43(55(8,9)10)23-36(51(38)69-30-47(63)64)17-34(49)21-41(20-33)53(2,3)4;/h20-27H,14-19,28-31H2,1-13H3,(H,57,59)(H,58,60)(H,61,62)(H,63,64)(H,65,66);. The number of amides is 2. The van der Waals surface area contributed by atoms with Gasteiger partial charge >= 0.3 is 17.9 Å². The molecule has 0 aliphatic heterocycles. The molecule has 5 rings (SSSR count). The van der Waals surface area contributed by atoms with E-state index in [1.807, 2.05) is 48.5 Å². The monoisotopic (exact) mass is 1120 g/mol. The van der Waals surface area contributed by atoms with Crippen molar-refractivity contribution in [3.8, 4) is 23.0 Å². The Hall–Kier alpha value is -4.99. The Labute approximate surface area is 459 Å². The third-order valence-corrected chi connectivity index (χ3v) is 12.1. The third-order valence-electron chi connectivity index (χ3n) is 12.1. The van der Waals surface area contributed by atoms with E-state index >= 15 is 0 Å². The molecule has 0 fully saturated rings. The molecule has 8 bridgehead atoms. The molecule has 71 heavy (non-hydrogen) atoms. The number of nitrogens with one attached hydrogen (secondary N) is 2. The van der Waals surface area contributed by atoms with E-state index in [0.29, 0.717) is 67.5 Å². The van der Waals surface area contributed by atoms with Crippen molar-refractivity contribution in [3.63, 3.8) is 0 Å². The molecule has 385 valence electrons. The van der Waals surface area contributed by atoms with Crippen LogP contribution in [0, 0.1) is 49.4 Å². The van der Waals surface area contributed by atoms with Gasteiger partial charge < -0.3 is 44.9 Å². The fourth-order valence-electron chi connectivity index (χ4n) is 8.39. The van der Waals surface area contributed by atoms with E-state index in [2.05, 4.69) is 93.7 Å². The molecule has 1 aliphatic rings. The van der Waals surface area contributed by atoms with Gasteiger partial charge in [-0.15, -0.1) is 0 Å². The fraction of sp³-hybridized carbons (Fsp3) is 0.482. The van der Waals surface area contributed by atoms with Gasteiger partial charge in [0.05, 0.1) is 0 Å². The summed E-state index contributed by atoms with van der Waals surface area (Å²) in [5.74, 6) is -2.78. The van der Waals surface area contributed by atoms with E-state index in [1.165, 1.54) is 6.92 Å². The molecule has 0 saturated heterocycles. The van der Waals surface area contributed by atoms with Crippen LogP contribution in [0.1, 0.15) is 157 Å². The van der Waals surface area contributed by atoms with Crippen molar-refractivity contribution in [2.24, 2.45) is 0 Å². The Balaban J connectivity index is 0.0000110. The zero-order chi connectivity index (χ0) is 52.1. The van der Waals surface area contributed by atoms with Gasteiger partial charge in [0, 0.05) is 95.1 Å². The largest absolute Gasteiger partial charge is 0.483 e. The summed E-state index contributed by atoms with van der Waals surface area (Å²) in [4.78, 5) is 62.0. The fourth-order valence-corrected chi connectivity index (χ4v) is 8.39. The maximum atomic E-state index is 13.5. The van der Waals surface area contributed by atoms with Gasteiger partial charge in [0.25, 0.3) is 5.91 Å². The van der Waals surface area contributed by atoms with E-state index in [4.69, 9.17) is 18.9 Å². The van der Waals surface area contributed by atoms with E-state index in [9.17, 15) is 39.3 Å². The number of ether oxygens (including phenoxy) is 4. The zero-order valence-electron chi connectivity index (χ0n) is 43.6. The number of aliphatic carboxylic acids is 3. The van der Waals surface area contributed by atoms with Crippen LogP contribution in [0.3, 0.4) is 0 Å². The molecule has 0 spiro atoms. The smallest absolute Gasteiger partial charge is 0.341 e. The predicted octanol–water partition coefficient (Wildman–Crippen LogP) is 8.57. The minimum Gasteiger partial charge on any atom is -0.483 e. The van der Waals surface area contributed by atoms with Crippen molar-refractivity contribution in [2.45, 2.75) is 137 Å². The molecule has 0 saturated carbocycles. The second-order valence-electron chi connectivity index (χ2n) is 22.4. The van der Waals surface area contributed by atoms with Crippen molar-refractivity contribution < 1.29 is 108 Å². The molecule has 0 unspecified atom stereocenters. The summed E-state index contributed by atoms with van der Waals surface area (Å²) >= 11 is 0. The molecule has 1 radical (unpaired) electrons. The van der Waals surface area contributed by atoms with Gasteiger partial charge in [-0.25, -0.2) is 14.4 Å². The molecule has 5 N–H and O–H groups in total. The molecule has 1 aliphatic carbocycles. The Morgan fingerprint density at radius 2 is 0.620 bits per heavy atom. The number of carboxylic acids is 3. The molecule has 15 heteroatoms. The average molecular weight is 1120 g/mol. The number of carboxylic acid groups (broad SMARTS) is 3. The molecule has 0 atom stereocenters. The van der Waals surface area contributed by atoms with Crippen LogP contribution in [0.25, 0.3) is 0 Å². The average Bonchev–Trinajstić information content (AvgIpc) is 3.21. The van der Waals surface area contributed by atoms with E-state index in [-0.39, 0.29) is 101 Å². The summed E-state index contributed by atoms with van der Waals surface area (Å²) in [7, 11) is 0. The predicted molar refractivity (Wildman–Crippen MR) is 268 cm³/mol. The first kappa shape index (κ1) is 58.6. The number of hydrogen-bond acceptors (Lipinski definition) is 9. The minimum atomic E-state index is -1.18. The molecular formula is C56H72EuN2O12. The first-order valence-electron chi connectivity index (χ1n) is 23.7. The van der Waals surface area contributed by atoms with Crippen LogP contribution in [-0.4, -0.2) is 84.6 Å². The van der Waals surface area contributed by atoms with Gasteiger partial charge in [0.1, 0.15) is 23.0 Å². The molecule has 4 aromatic carbocycles. The van der Waals surface area contributed by atoms with Crippen LogP contribution in [0.15, 0.2) is 48.5 Å². The summed E-state index contributed by atoms with van der Waals surface area (Å²) in [6, 6.07) is 16.1. The van der Waals surface area contributed by atoms with Gasteiger partial charge in [0.2, 0.25) is 5.91 Å². The summed E-state index contributed by atoms with van der Waals surface area (Å²) in [6.45, 7) is 24.5. The van der Waals surface area contributed by atoms with Crippen LogP contribution < -0.4 is 29.6 Å². The normalized spacial score (nSPS) is 12.7. The number of rotatable bonds is 15. The maximum Gasteiger partial charge on any atom is 0.341 e. The van der Waals surface area contributed by atoms with Crippen molar-refractivity contribution in [1.82, 2.24) is 10.6 Å². The van der Waals surface area contributed by atoms with Crippen LogP contribution >= 0.6 is 0 Å². The topological polar surface area (TPSA) is 207 Å². The Kier molecular flexibility index (Phi) is 19.6. The van der Waals surface area contributed by atoms with Crippen molar-refractivity contribution in [1.29, 1.82) is 0 Å². The molecule has 0 heterocycles. The third kappa shape index (κ3) is 16.3. The van der Waals surface area contributed by atoms with E-state index in [1.54, 1.807) is 0 Å². The van der Waals surface area contributed by atoms with Crippen LogP contribution in [-0.2, 0) is 71.3 Å². The number of carbonyl (C=O) groups excluding carboxylic acids is 2. The summed E-state index contributed by atoms with van der Waals surface area (Å²) in [5.41, 5.74) is 7.30. The van der Waals surface area contributed by atoms with Crippen LogP contribution in [0.2, 0.25) is 0 Å². The second kappa shape index (κ2) is 23.7. The molecule has 2 amide bonds. The maximum absolute atomic E-state index is 13.5. The Morgan fingerprint density at radius 3 is 0.817 bits per heavy atom. The zero-order valence-corrected chi connectivity index (χ0v) is 46.0. The first-order valence-corrected chi connectivity index (χ1v) is 23.7. The van der Waals surface area contributed by atoms with Crippen LogP contribution in [0.4, 0.5) is 0 Å². The van der Waals surface area contributed by atoms with Crippen molar-refractivity contribution >= 4 is 29.7 Å². The molecular weight excluding hydrogens is 1040 g/mol. The SMILES string of the molecule is CC(=O)NCCNC(=O)COc1c2cc(C(C)(C)C)cc1Cc1cc(C(C)(C)C)cc(c1OCC(=O)O)Cc1cc(C(C)(C)C)cc(c1OCC(=O)O)Cc1cc(C(C)(C)C)cc(c1OCC(=O)O)C2.[Eu]. The van der Waals surface area contributed by atoms with Crippen molar-refractivity contribution in [2.75, 3.05) is 39.5 Å². The summed E-state index contributed by atoms with van der Waals surface area (Å²) in [6.07, 6.45) is 0.604. The number of hydrogen-bond donors (Lipinski definition) is 5. The molecule has 0 aromatic heterocycles. The molecule has 14 nitrogen and oxygen atoms in total. The minimum absolute atomic E-state index is 0.